The molecule has 1 N–H and O–H groups in total. The van der Waals surface area contributed by atoms with Gasteiger partial charge in [-0.15, -0.1) is 0 Å². The Labute approximate surface area is 277 Å². The van der Waals surface area contributed by atoms with Crippen LogP contribution in [-0.2, 0) is 21.4 Å². The van der Waals surface area contributed by atoms with Gasteiger partial charge in [-0.25, -0.2) is 13.1 Å². The Kier molecular flexibility index (Phi) is 7.48. The van der Waals surface area contributed by atoms with Crippen LogP contribution in [0.4, 0.5) is 0 Å². The van der Waals surface area contributed by atoms with Gasteiger partial charge in [-0.1, -0.05) is 25.3 Å². The fraction of sp³-hybridized carbons (Fsp3) is 0.568. The second-order valence-corrected chi connectivity index (χ2v) is 17.1. The lowest BCUT2D eigenvalue weighted by Crippen LogP contribution is -2.46. The summed E-state index contributed by atoms with van der Waals surface area (Å²) in [6, 6.07) is 12.3. The van der Waals surface area contributed by atoms with Gasteiger partial charge in [0, 0.05) is 66.7 Å². The van der Waals surface area contributed by atoms with E-state index in [9.17, 15) is 18.0 Å². The average molecular weight is 659 g/mol. The monoisotopic (exact) mass is 658 g/mol. The number of fused-ring (bicyclic) bond motifs is 11. The van der Waals surface area contributed by atoms with Crippen LogP contribution in [0, 0.1) is 5.41 Å². The van der Waals surface area contributed by atoms with Crippen LogP contribution < -0.4 is 9.46 Å². The van der Waals surface area contributed by atoms with Crippen molar-refractivity contribution in [3.63, 3.8) is 0 Å². The van der Waals surface area contributed by atoms with Crippen molar-refractivity contribution < 1.29 is 22.7 Å². The number of methoxy groups -OCH3 is 1. The van der Waals surface area contributed by atoms with E-state index in [2.05, 4.69) is 31.2 Å². The molecular formula is C37H46N4O5S. The van der Waals surface area contributed by atoms with Crippen molar-refractivity contribution in [3.05, 3.63) is 53.1 Å². The molecule has 2 atom stereocenters. The predicted molar refractivity (Wildman–Crippen MR) is 182 cm³/mol. The Bertz CT molecular complexity index is 1870. The maximum Gasteiger partial charge on any atom is 0.264 e. The molecule has 6 aliphatic rings. The van der Waals surface area contributed by atoms with Crippen molar-refractivity contribution in [2.45, 2.75) is 94.9 Å². The summed E-state index contributed by atoms with van der Waals surface area (Å²) >= 11 is 0. The molecule has 10 heteroatoms. The molecule has 250 valence electrons. The highest BCUT2D eigenvalue weighted by Crippen LogP contribution is 2.66. The molecule has 2 aromatic carbocycles. The minimum Gasteiger partial charge on any atom is -0.497 e. The molecule has 2 saturated carbocycles. The number of rotatable bonds is 6. The average Bonchev–Trinajstić information content (AvgIpc) is 3.83. The van der Waals surface area contributed by atoms with Crippen LogP contribution >= 0.6 is 0 Å². The van der Waals surface area contributed by atoms with E-state index in [4.69, 9.17) is 4.74 Å². The summed E-state index contributed by atoms with van der Waals surface area (Å²) < 4.78 is 35.7. The maximum absolute atomic E-state index is 15.0. The van der Waals surface area contributed by atoms with Gasteiger partial charge < -0.3 is 19.1 Å². The zero-order valence-corrected chi connectivity index (χ0v) is 28.6. The molecule has 47 heavy (non-hydrogen) atoms. The van der Waals surface area contributed by atoms with Crippen LogP contribution in [0.3, 0.4) is 0 Å². The van der Waals surface area contributed by atoms with Gasteiger partial charge in [0.05, 0.1) is 23.5 Å². The second-order valence-electron chi connectivity index (χ2n) is 14.9. The van der Waals surface area contributed by atoms with Crippen LogP contribution in [0.5, 0.6) is 5.75 Å². The number of nitrogens with one attached hydrogen (secondary N) is 1. The highest BCUT2D eigenvalue weighted by molar-refractivity contribution is 7.90. The van der Waals surface area contributed by atoms with E-state index in [1.54, 1.807) is 27.0 Å². The third-order valence-corrected chi connectivity index (χ3v) is 13.7. The Morgan fingerprint density at radius 1 is 0.957 bits per heavy atom. The molecule has 4 aliphatic heterocycles. The summed E-state index contributed by atoms with van der Waals surface area (Å²) in [5.41, 5.74) is 5.41. The van der Waals surface area contributed by atoms with Crippen LogP contribution in [0.2, 0.25) is 0 Å². The number of ether oxygens (including phenoxy) is 1. The van der Waals surface area contributed by atoms with Crippen LogP contribution in [-0.4, -0.2) is 79.2 Å². The topological polar surface area (TPSA) is 101 Å². The molecule has 5 fully saturated rings. The fourth-order valence-corrected chi connectivity index (χ4v) is 9.78. The normalized spacial score (nSPS) is 27.1. The number of aromatic nitrogens is 1. The van der Waals surface area contributed by atoms with E-state index in [0.29, 0.717) is 18.0 Å². The van der Waals surface area contributed by atoms with E-state index in [1.165, 1.54) is 30.4 Å². The van der Waals surface area contributed by atoms with Gasteiger partial charge in [-0.3, -0.25) is 9.59 Å². The zero-order chi connectivity index (χ0) is 32.7. The van der Waals surface area contributed by atoms with Gasteiger partial charge in [0.15, 0.2) is 0 Å². The first-order valence-electron chi connectivity index (χ1n) is 17.5. The van der Waals surface area contributed by atoms with Crippen LogP contribution in [0.15, 0.2) is 36.4 Å². The number of benzene rings is 2. The molecule has 2 amide bonds. The molecule has 3 saturated heterocycles. The van der Waals surface area contributed by atoms with Gasteiger partial charge in [-0.05, 0) is 93.3 Å². The van der Waals surface area contributed by atoms with E-state index in [0.717, 1.165) is 86.2 Å². The summed E-state index contributed by atoms with van der Waals surface area (Å²) in [4.78, 5) is 33.1. The first-order valence-corrected chi connectivity index (χ1v) is 19.1. The van der Waals surface area contributed by atoms with E-state index in [1.807, 2.05) is 18.2 Å². The van der Waals surface area contributed by atoms with Crippen molar-refractivity contribution in [1.29, 1.82) is 0 Å². The number of sulfonamides is 1. The SMILES string of the molecule is COc1ccc2c(c1)[C@@H]1CC1(C(=O)N1CCN3CCC1CC3)Cn1c-2c(C2CCCCC2)c2ccc(C(=O)NS(=O)(=O)C(C)C)cc21. The highest BCUT2D eigenvalue weighted by Gasteiger charge is 2.64. The zero-order valence-electron chi connectivity index (χ0n) is 27.8. The molecule has 1 aromatic heterocycles. The molecular weight excluding hydrogens is 612 g/mol. The quantitative estimate of drug-likeness (QED) is 0.369. The largest absolute Gasteiger partial charge is 0.497 e. The molecule has 2 bridgehead atoms. The summed E-state index contributed by atoms with van der Waals surface area (Å²) in [5.74, 6) is 0.884. The molecule has 9 rings (SSSR count). The summed E-state index contributed by atoms with van der Waals surface area (Å²) in [6.45, 7) is 7.46. The van der Waals surface area contributed by atoms with Gasteiger partial charge >= 0.3 is 0 Å². The first-order chi connectivity index (χ1) is 22.6. The fourth-order valence-electron chi connectivity index (χ4n) is 9.17. The molecule has 0 spiro atoms. The number of carbonyl (C=O) groups is 2. The third kappa shape index (κ3) is 5.00. The van der Waals surface area contributed by atoms with Crippen molar-refractivity contribution in [2.75, 3.05) is 33.3 Å². The minimum absolute atomic E-state index is 0.0812. The van der Waals surface area contributed by atoms with Crippen molar-refractivity contribution >= 4 is 32.7 Å². The number of hydrogen-bond donors (Lipinski definition) is 1. The number of carbonyl (C=O) groups excluding carboxylic acids is 2. The second kappa shape index (κ2) is 11.4. The molecule has 1 unspecified atom stereocenters. The van der Waals surface area contributed by atoms with Gasteiger partial charge in [0.2, 0.25) is 15.9 Å². The Balaban J connectivity index is 1.32. The number of piperidine rings is 1. The number of nitrogens with zero attached hydrogens (tertiary/aromatic N) is 3. The Morgan fingerprint density at radius 3 is 2.45 bits per heavy atom. The maximum atomic E-state index is 15.0. The molecule has 3 aromatic rings. The Morgan fingerprint density at radius 2 is 1.72 bits per heavy atom. The van der Waals surface area contributed by atoms with Crippen molar-refractivity contribution in [1.82, 2.24) is 19.1 Å². The van der Waals surface area contributed by atoms with Crippen LogP contribution in [0.25, 0.3) is 22.2 Å². The summed E-state index contributed by atoms with van der Waals surface area (Å²) in [6.07, 6.45) is 8.63. The molecule has 9 nitrogen and oxygen atoms in total. The lowest BCUT2D eigenvalue weighted by molar-refractivity contribution is -0.140. The number of hydrogen-bond acceptors (Lipinski definition) is 6. The van der Waals surface area contributed by atoms with E-state index >= 15 is 0 Å². The third-order valence-electron chi connectivity index (χ3n) is 12.0. The van der Waals surface area contributed by atoms with Gasteiger partial charge in [0.25, 0.3) is 5.91 Å². The van der Waals surface area contributed by atoms with E-state index in [-0.39, 0.29) is 17.9 Å². The van der Waals surface area contributed by atoms with Gasteiger partial charge in [0.1, 0.15) is 5.75 Å². The predicted octanol–water partition coefficient (Wildman–Crippen LogP) is 5.63. The minimum atomic E-state index is -3.80. The van der Waals surface area contributed by atoms with E-state index < -0.39 is 26.6 Å². The lowest BCUT2D eigenvalue weighted by Gasteiger charge is -2.34. The number of amides is 2. The van der Waals surface area contributed by atoms with Gasteiger partial charge in [-0.2, -0.15) is 0 Å². The summed E-state index contributed by atoms with van der Waals surface area (Å²) in [5, 5.41) is 0.370. The van der Waals surface area contributed by atoms with Crippen LogP contribution in [0.1, 0.15) is 98.5 Å². The smallest absolute Gasteiger partial charge is 0.264 e. The van der Waals surface area contributed by atoms with Crippen molar-refractivity contribution in [3.8, 4) is 17.0 Å². The highest BCUT2D eigenvalue weighted by atomic mass is 32.2. The standard InChI is InChI=1S/C37H46N4O5S/c1-23(2)47(44,45)38-35(42)25-9-11-29-32(19-25)41-22-37(36(43)40-18-17-39-15-13-26(40)14-16-39)21-31(37)30-20-27(46-3)10-12-28(30)34(41)33(29)24-7-5-4-6-8-24/h9-12,19-20,23-24,26,31H,4-8,13-18,21-22H2,1-3H3,(H,38,42)/t31-,37?/m0/s1. The molecule has 0 radical (unpaired) electrons. The molecule has 5 heterocycles. The Hall–Kier alpha value is -3.37. The lowest BCUT2D eigenvalue weighted by atomic mass is 9.81. The molecule has 2 aliphatic carbocycles. The summed E-state index contributed by atoms with van der Waals surface area (Å²) in [7, 11) is -2.10. The van der Waals surface area contributed by atoms with Crippen molar-refractivity contribution in [2.24, 2.45) is 5.41 Å². The first kappa shape index (κ1) is 30.9.